The number of nitrogens with two attached hydrogens (primary N) is 1. The van der Waals surface area contributed by atoms with E-state index in [2.05, 4.69) is 32.9 Å². The van der Waals surface area contributed by atoms with Crippen molar-refractivity contribution in [2.45, 2.75) is 45.1 Å². The van der Waals surface area contributed by atoms with Crippen molar-refractivity contribution in [1.29, 1.82) is 0 Å². The summed E-state index contributed by atoms with van der Waals surface area (Å²) in [7, 11) is 0. The third-order valence-electron chi connectivity index (χ3n) is 3.07. The van der Waals surface area contributed by atoms with Crippen LogP contribution in [-0.2, 0) is 5.41 Å². The van der Waals surface area contributed by atoms with Gasteiger partial charge in [0.2, 0.25) is 0 Å². The summed E-state index contributed by atoms with van der Waals surface area (Å²) in [5, 5.41) is 9.75. The van der Waals surface area contributed by atoms with Crippen LogP contribution >= 0.6 is 0 Å². The highest BCUT2D eigenvalue weighted by molar-refractivity contribution is 5.31. The van der Waals surface area contributed by atoms with Gasteiger partial charge in [-0.1, -0.05) is 32.9 Å². The molecule has 0 fully saturated rings. The molecule has 1 aromatic rings. The molecule has 0 heterocycles. The van der Waals surface area contributed by atoms with Crippen LogP contribution in [0.15, 0.2) is 24.3 Å². The van der Waals surface area contributed by atoms with Gasteiger partial charge in [-0.05, 0) is 30.0 Å². The molecule has 3 heteroatoms. The summed E-state index contributed by atoms with van der Waals surface area (Å²) < 4.78 is 5.60. The normalized spacial score (nSPS) is 15.2. The van der Waals surface area contributed by atoms with E-state index in [1.807, 2.05) is 12.1 Å². The number of ether oxygens (including phenoxy) is 1. The Morgan fingerprint density at radius 2 is 1.67 bits per heavy atom. The van der Waals surface area contributed by atoms with E-state index in [-0.39, 0.29) is 12.0 Å². The van der Waals surface area contributed by atoms with Crippen molar-refractivity contribution in [3.8, 4) is 5.75 Å². The third kappa shape index (κ3) is 4.67. The predicted octanol–water partition coefficient (Wildman–Crippen LogP) is 2.46. The van der Waals surface area contributed by atoms with Gasteiger partial charge in [0.05, 0.1) is 12.2 Å². The molecule has 0 saturated heterocycles. The number of hydrogen-bond donors (Lipinski definition) is 2. The van der Waals surface area contributed by atoms with Gasteiger partial charge in [-0.3, -0.25) is 0 Å². The van der Waals surface area contributed by atoms with Crippen LogP contribution in [0.4, 0.5) is 0 Å². The van der Waals surface area contributed by atoms with E-state index in [0.717, 1.165) is 5.75 Å². The quantitative estimate of drug-likeness (QED) is 0.845. The van der Waals surface area contributed by atoms with Crippen molar-refractivity contribution in [2.24, 2.45) is 5.73 Å². The number of benzene rings is 1. The van der Waals surface area contributed by atoms with Crippen molar-refractivity contribution in [3.05, 3.63) is 29.8 Å². The fourth-order valence-corrected chi connectivity index (χ4v) is 1.54. The van der Waals surface area contributed by atoms with Gasteiger partial charge in [0.25, 0.3) is 0 Å². The first kappa shape index (κ1) is 15.0. The molecule has 0 bridgehead atoms. The van der Waals surface area contributed by atoms with Crippen molar-refractivity contribution in [1.82, 2.24) is 0 Å². The lowest BCUT2D eigenvalue weighted by Crippen LogP contribution is -2.35. The topological polar surface area (TPSA) is 55.5 Å². The van der Waals surface area contributed by atoms with Gasteiger partial charge in [0.1, 0.15) is 5.75 Å². The molecule has 0 saturated carbocycles. The molecule has 1 rings (SSSR count). The zero-order valence-corrected chi connectivity index (χ0v) is 11.9. The largest absolute Gasteiger partial charge is 0.493 e. The lowest BCUT2D eigenvalue weighted by molar-refractivity contribution is 0.0453. The van der Waals surface area contributed by atoms with E-state index in [1.165, 1.54) is 5.56 Å². The highest BCUT2D eigenvalue weighted by Crippen LogP contribution is 2.24. The summed E-state index contributed by atoms with van der Waals surface area (Å²) >= 11 is 0. The monoisotopic (exact) mass is 251 g/mol. The Kier molecular flexibility index (Phi) is 4.77. The van der Waals surface area contributed by atoms with Gasteiger partial charge >= 0.3 is 0 Å². The summed E-state index contributed by atoms with van der Waals surface area (Å²) in [4.78, 5) is 0. The van der Waals surface area contributed by atoms with Crippen LogP contribution in [0.2, 0.25) is 0 Å². The van der Waals surface area contributed by atoms with Gasteiger partial charge in [0.15, 0.2) is 0 Å². The SMILES string of the molecule is CC(O)(CN)CCOc1ccc(C(C)(C)C)cc1. The summed E-state index contributed by atoms with van der Waals surface area (Å²) in [6, 6.07) is 8.10. The smallest absolute Gasteiger partial charge is 0.119 e. The van der Waals surface area contributed by atoms with Crippen LogP contribution in [-0.4, -0.2) is 23.9 Å². The van der Waals surface area contributed by atoms with E-state index in [4.69, 9.17) is 10.5 Å². The number of rotatable bonds is 5. The van der Waals surface area contributed by atoms with Crippen molar-refractivity contribution < 1.29 is 9.84 Å². The van der Waals surface area contributed by atoms with Gasteiger partial charge in [-0.2, -0.15) is 0 Å². The maximum atomic E-state index is 9.75. The molecule has 102 valence electrons. The molecule has 0 aliphatic rings. The highest BCUT2D eigenvalue weighted by atomic mass is 16.5. The van der Waals surface area contributed by atoms with Crippen LogP contribution in [0.25, 0.3) is 0 Å². The first-order valence-corrected chi connectivity index (χ1v) is 6.40. The fraction of sp³-hybridized carbons (Fsp3) is 0.600. The van der Waals surface area contributed by atoms with E-state index >= 15 is 0 Å². The molecule has 3 nitrogen and oxygen atoms in total. The Morgan fingerprint density at radius 3 is 2.11 bits per heavy atom. The second-order valence-corrected chi connectivity index (χ2v) is 6.07. The average Bonchev–Trinajstić information content (AvgIpc) is 2.28. The number of hydrogen-bond acceptors (Lipinski definition) is 3. The lowest BCUT2D eigenvalue weighted by atomic mass is 9.87. The standard InChI is InChI=1S/C15H25NO2/c1-14(2,3)12-5-7-13(8-6-12)18-10-9-15(4,17)11-16/h5-8,17H,9-11,16H2,1-4H3. The Balaban J connectivity index is 2.50. The predicted molar refractivity (Wildman–Crippen MR) is 74.9 cm³/mol. The van der Waals surface area contributed by atoms with Crippen LogP contribution in [0.1, 0.15) is 39.7 Å². The van der Waals surface area contributed by atoms with E-state index in [1.54, 1.807) is 6.92 Å². The summed E-state index contributed by atoms with van der Waals surface area (Å²) in [6.45, 7) is 8.99. The van der Waals surface area contributed by atoms with E-state index in [0.29, 0.717) is 13.0 Å². The van der Waals surface area contributed by atoms with Gasteiger partial charge in [0, 0.05) is 13.0 Å². The van der Waals surface area contributed by atoms with Crippen LogP contribution in [0, 0.1) is 0 Å². The van der Waals surface area contributed by atoms with Crippen molar-refractivity contribution in [2.75, 3.05) is 13.2 Å². The summed E-state index contributed by atoms with van der Waals surface area (Å²) in [5.74, 6) is 0.829. The fourth-order valence-electron chi connectivity index (χ4n) is 1.54. The molecule has 0 aliphatic heterocycles. The van der Waals surface area contributed by atoms with E-state index in [9.17, 15) is 5.11 Å². The highest BCUT2D eigenvalue weighted by Gasteiger charge is 2.17. The van der Waals surface area contributed by atoms with Gasteiger partial charge < -0.3 is 15.6 Å². The molecule has 0 radical (unpaired) electrons. The minimum absolute atomic E-state index is 0.155. The molecule has 1 unspecified atom stereocenters. The minimum Gasteiger partial charge on any atom is -0.493 e. The first-order chi connectivity index (χ1) is 8.24. The zero-order valence-electron chi connectivity index (χ0n) is 11.9. The maximum Gasteiger partial charge on any atom is 0.119 e. The molecule has 0 aliphatic carbocycles. The molecule has 0 spiro atoms. The van der Waals surface area contributed by atoms with Crippen molar-refractivity contribution in [3.63, 3.8) is 0 Å². The molecule has 3 N–H and O–H groups in total. The Bertz CT molecular complexity index is 363. The first-order valence-electron chi connectivity index (χ1n) is 6.40. The molecule has 1 aromatic carbocycles. The molecule has 0 aromatic heterocycles. The average molecular weight is 251 g/mol. The zero-order chi connectivity index (χ0) is 13.8. The minimum atomic E-state index is -0.842. The Labute approximate surface area is 110 Å². The summed E-state index contributed by atoms with van der Waals surface area (Å²) in [5.41, 5.74) is 6.04. The molecular weight excluding hydrogens is 226 g/mol. The number of aliphatic hydroxyl groups is 1. The van der Waals surface area contributed by atoms with Gasteiger partial charge in [-0.25, -0.2) is 0 Å². The Hall–Kier alpha value is -1.06. The maximum absolute atomic E-state index is 9.75. The van der Waals surface area contributed by atoms with Crippen LogP contribution in [0.5, 0.6) is 5.75 Å². The molecule has 18 heavy (non-hydrogen) atoms. The third-order valence-corrected chi connectivity index (χ3v) is 3.07. The van der Waals surface area contributed by atoms with Gasteiger partial charge in [-0.15, -0.1) is 0 Å². The second kappa shape index (κ2) is 5.72. The Morgan fingerprint density at radius 1 is 1.11 bits per heavy atom. The van der Waals surface area contributed by atoms with E-state index < -0.39 is 5.60 Å². The van der Waals surface area contributed by atoms with Crippen LogP contribution < -0.4 is 10.5 Å². The molecule has 1 atom stereocenters. The molecular formula is C15H25NO2. The lowest BCUT2D eigenvalue weighted by Gasteiger charge is -2.21. The van der Waals surface area contributed by atoms with Crippen molar-refractivity contribution >= 4 is 0 Å². The molecule has 0 amide bonds. The summed E-state index contributed by atoms with van der Waals surface area (Å²) in [6.07, 6.45) is 0.532. The second-order valence-electron chi connectivity index (χ2n) is 6.07. The van der Waals surface area contributed by atoms with Crippen LogP contribution in [0.3, 0.4) is 0 Å².